The standard InChI is InChI=1S/C21H28N2O3S/c1-5-18-12-8-11-17(3)21(18)22-20(24)14-9-15-23(27(4,25)26)19-13-7-6-10-16(19)2/h6-8,10-13H,5,9,14-15H2,1-4H3,(H,22,24). The molecule has 2 aromatic rings. The lowest BCUT2D eigenvalue weighted by atomic mass is 10.1. The number of carbonyl (C=O) groups excluding carboxylic acids is 1. The Hall–Kier alpha value is -2.34. The average molecular weight is 389 g/mol. The second-order valence-electron chi connectivity index (χ2n) is 6.74. The molecule has 0 saturated heterocycles. The minimum atomic E-state index is -3.41. The van der Waals surface area contributed by atoms with Gasteiger partial charge in [-0.05, 0) is 49.4 Å². The number of benzene rings is 2. The van der Waals surface area contributed by atoms with Gasteiger partial charge in [0.2, 0.25) is 15.9 Å². The van der Waals surface area contributed by atoms with Crippen molar-refractivity contribution in [1.82, 2.24) is 0 Å². The van der Waals surface area contributed by atoms with Gasteiger partial charge in [-0.3, -0.25) is 9.10 Å². The molecule has 2 rings (SSSR count). The van der Waals surface area contributed by atoms with Gasteiger partial charge in [-0.2, -0.15) is 0 Å². The molecular formula is C21H28N2O3S. The van der Waals surface area contributed by atoms with E-state index in [1.807, 2.05) is 50.2 Å². The van der Waals surface area contributed by atoms with Crippen LogP contribution in [0.2, 0.25) is 0 Å². The number of sulfonamides is 1. The van der Waals surface area contributed by atoms with Crippen molar-refractivity contribution in [2.24, 2.45) is 0 Å². The highest BCUT2D eigenvalue weighted by molar-refractivity contribution is 7.92. The maximum Gasteiger partial charge on any atom is 0.232 e. The quantitative estimate of drug-likeness (QED) is 0.742. The van der Waals surface area contributed by atoms with Gasteiger partial charge in [0.15, 0.2) is 0 Å². The zero-order chi connectivity index (χ0) is 20.0. The Morgan fingerprint density at radius 2 is 1.70 bits per heavy atom. The van der Waals surface area contributed by atoms with E-state index in [4.69, 9.17) is 0 Å². The third-order valence-electron chi connectivity index (χ3n) is 4.55. The predicted molar refractivity (Wildman–Crippen MR) is 112 cm³/mol. The Kier molecular flexibility index (Phi) is 7.02. The summed E-state index contributed by atoms with van der Waals surface area (Å²) in [5.74, 6) is -0.0998. The van der Waals surface area contributed by atoms with Crippen LogP contribution in [0.5, 0.6) is 0 Å². The van der Waals surface area contributed by atoms with Crippen molar-refractivity contribution in [1.29, 1.82) is 0 Å². The number of hydrogen-bond acceptors (Lipinski definition) is 3. The van der Waals surface area contributed by atoms with Crippen molar-refractivity contribution in [3.8, 4) is 0 Å². The van der Waals surface area contributed by atoms with Crippen LogP contribution >= 0.6 is 0 Å². The third-order valence-corrected chi connectivity index (χ3v) is 5.73. The fourth-order valence-corrected chi connectivity index (χ4v) is 4.12. The van der Waals surface area contributed by atoms with Crippen LogP contribution in [-0.4, -0.2) is 27.1 Å². The number of amides is 1. The minimum Gasteiger partial charge on any atom is -0.326 e. The van der Waals surface area contributed by atoms with Gasteiger partial charge in [0.05, 0.1) is 11.9 Å². The molecule has 1 N–H and O–H groups in total. The lowest BCUT2D eigenvalue weighted by Crippen LogP contribution is -2.32. The molecule has 146 valence electrons. The van der Waals surface area contributed by atoms with Gasteiger partial charge < -0.3 is 5.32 Å². The highest BCUT2D eigenvalue weighted by Crippen LogP contribution is 2.23. The summed E-state index contributed by atoms with van der Waals surface area (Å²) in [5.41, 5.74) is 4.54. The summed E-state index contributed by atoms with van der Waals surface area (Å²) in [5, 5.41) is 2.99. The van der Waals surface area contributed by atoms with Gasteiger partial charge in [0.25, 0.3) is 0 Å². The number of anilines is 2. The van der Waals surface area contributed by atoms with Crippen molar-refractivity contribution in [3.63, 3.8) is 0 Å². The van der Waals surface area contributed by atoms with Crippen molar-refractivity contribution >= 4 is 27.3 Å². The molecule has 0 heterocycles. The van der Waals surface area contributed by atoms with Gasteiger partial charge in [0.1, 0.15) is 0 Å². The summed E-state index contributed by atoms with van der Waals surface area (Å²) >= 11 is 0. The van der Waals surface area contributed by atoms with Crippen LogP contribution in [0.15, 0.2) is 42.5 Å². The average Bonchev–Trinajstić information content (AvgIpc) is 2.60. The molecule has 0 saturated carbocycles. The minimum absolute atomic E-state index is 0.0998. The zero-order valence-electron chi connectivity index (χ0n) is 16.5. The van der Waals surface area contributed by atoms with E-state index in [1.54, 1.807) is 6.07 Å². The number of nitrogens with one attached hydrogen (secondary N) is 1. The molecule has 0 aliphatic carbocycles. The summed E-state index contributed by atoms with van der Waals surface area (Å²) in [6.07, 6.45) is 2.74. The van der Waals surface area contributed by atoms with Crippen LogP contribution in [0.4, 0.5) is 11.4 Å². The number of hydrogen-bond donors (Lipinski definition) is 1. The molecule has 27 heavy (non-hydrogen) atoms. The molecule has 0 aromatic heterocycles. The Morgan fingerprint density at radius 3 is 2.33 bits per heavy atom. The summed E-state index contributed by atoms with van der Waals surface area (Å²) in [4.78, 5) is 12.4. The fourth-order valence-electron chi connectivity index (χ4n) is 3.10. The van der Waals surface area contributed by atoms with Crippen LogP contribution in [0.25, 0.3) is 0 Å². The molecule has 0 aliphatic heterocycles. The lowest BCUT2D eigenvalue weighted by Gasteiger charge is -2.24. The van der Waals surface area contributed by atoms with Crippen molar-refractivity contribution in [2.75, 3.05) is 22.4 Å². The first-order chi connectivity index (χ1) is 12.7. The maximum atomic E-state index is 12.4. The molecule has 1 amide bonds. The van der Waals surface area contributed by atoms with E-state index in [1.165, 1.54) is 10.6 Å². The Bertz CT molecular complexity index is 907. The molecule has 0 fully saturated rings. The molecule has 0 spiro atoms. The smallest absolute Gasteiger partial charge is 0.232 e. The normalized spacial score (nSPS) is 11.3. The van der Waals surface area contributed by atoms with E-state index >= 15 is 0 Å². The van der Waals surface area contributed by atoms with Crippen LogP contribution in [0.1, 0.15) is 36.5 Å². The number of nitrogens with zero attached hydrogens (tertiary/aromatic N) is 1. The van der Waals surface area contributed by atoms with Gasteiger partial charge in [-0.15, -0.1) is 0 Å². The summed E-state index contributed by atoms with van der Waals surface area (Å²) in [6.45, 7) is 6.17. The molecule has 6 heteroatoms. The monoisotopic (exact) mass is 388 g/mol. The molecule has 5 nitrogen and oxygen atoms in total. The van der Waals surface area contributed by atoms with Crippen LogP contribution in [-0.2, 0) is 21.2 Å². The summed E-state index contributed by atoms with van der Waals surface area (Å²) < 4.78 is 25.8. The van der Waals surface area contributed by atoms with E-state index in [0.29, 0.717) is 12.1 Å². The Morgan fingerprint density at radius 1 is 1.04 bits per heavy atom. The third kappa shape index (κ3) is 5.57. The number of rotatable bonds is 8. The zero-order valence-corrected chi connectivity index (χ0v) is 17.3. The molecule has 2 aromatic carbocycles. The Labute approximate surface area is 162 Å². The summed E-state index contributed by atoms with van der Waals surface area (Å²) in [7, 11) is -3.41. The molecule has 0 bridgehead atoms. The van der Waals surface area contributed by atoms with Crippen molar-refractivity contribution in [3.05, 3.63) is 59.2 Å². The van der Waals surface area contributed by atoms with Gasteiger partial charge in [0, 0.05) is 18.7 Å². The SMILES string of the molecule is CCc1cccc(C)c1NC(=O)CCCN(c1ccccc1C)S(C)(=O)=O. The largest absolute Gasteiger partial charge is 0.326 e. The van der Waals surface area contributed by atoms with Crippen molar-refractivity contribution in [2.45, 2.75) is 40.0 Å². The van der Waals surface area contributed by atoms with E-state index in [2.05, 4.69) is 12.2 Å². The fraction of sp³-hybridized carbons (Fsp3) is 0.381. The van der Waals surface area contributed by atoms with Crippen LogP contribution < -0.4 is 9.62 Å². The van der Waals surface area contributed by atoms with E-state index in [9.17, 15) is 13.2 Å². The predicted octanol–water partition coefficient (Wildman–Crippen LogP) is 4.05. The molecular weight excluding hydrogens is 360 g/mol. The molecule has 0 aliphatic rings. The maximum absolute atomic E-state index is 12.4. The number of carbonyl (C=O) groups is 1. The first-order valence-electron chi connectivity index (χ1n) is 9.15. The lowest BCUT2D eigenvalue weighted by molar-refractivity contribution is -0.116. The number of aryl methyl sites for hydroxylation is 3. The van der Waals surface area contributed by atoms with Gasteiger partial charge >= 0.3 is 0 Å². The first kappa shape index (κ1) is 21.0. The van der Waals surface area contributed by atoms with Crippen LogP contribution in [0.3, 0.4) is 0 Å². The molecule has 0 unspecified atom stereocenters. The second kappa shape index (κ2) is 9.04. The van der Waals surface area contributed by atoms with Crippen molar-refractivity contribution < 1.29 is 13.2 Å². The summed E-state index contributed by atoms with van der Waals surface area (Å²) in [6, 6.07) is 13.3. The highest BCUT2D eigenvalue weighted by Gasteiger charge is 2.19. The topological polar surface area (TPSA) is 66.5 Å². The van der Waals surface area contributed by atoms with E-state index in [0.717, 1.165) is 28.8 Å². The Balaban J connectivity index is 2.03. The first-order valence-corrected chi connectivity index (χ1v) is 11.0. The molecule has 0 atom stereocenters. The second-order valence-corrected chi connectivity index (χ2v) is 8.64. The number of para-hydroxylation sites is 2. The van der Waals surface area contributed by atoms with E-state index in [-0.39, 0.29) is 18.9 Å². The highest BCUT2D eigenvalue weighted by atomic mass is 32.2. The van der Waals surface area contributed by atoms with Crippen LogP contribution in [0, 0.1) is 13.8 Å². The van der Waals surface area contributed by atoms with Gasteiger partial charge in [-0.25, -0.2) is 8.42 Å². The molecule has 0 radical (unpaired) electrons. The van der Waals surface area contributed by atoms with Gasteiger partial charge in [-0.1, -0.05) is 43.3 Å². The van der Waals surface area contributed by atoms with E-state index < -0.39 is 10.0 Å².